The Bertz CT molecular complexity index is 892. The molecule has 1 aromatic carbocycles. The Morgan fingerprint density at radius 3 is 2.76 bits per heavy atom. The third-order valence-electron chi connectivity index (χ3n) is 3.56. The molecule has 0 radical (unpaired) electrons. The fourth-order valence-electron chi connectivity index (χ4n) is 2.31. The van der Waals surface area contributed by atoms with Crippen molar-refractivity contribution in [1.82, 2.24) is 20.1 Å². The predicted molar refractivity (Wildman–Crippen MR) is 90.9 cm³/mol. The van der Waals surface area contributed by atoms with Crippen molar-refractivity contribution in [3.63, 3.8) is 0 Å². The standard InChI is InChI=1S/C17H15N5O3/c23-17(14-2-1-3-15(12-14)22(24)25)19-9-11-21-10-6-16(20-21)13-4-7-18-8-5-13/h1-8,10,12H,9,11H2,(H,19,23). The number of nitrogens with zero attached hydrogens (tertiary/aromatic N) is 4. The smallest absolute Gasteiger partial charge is 0.270 e. The highest BCUT2D eigenvalue weighted by atomic mass is 16.6. The first-order chi connectivity index (χ1) is 12.1. The number of non-ortho nitro benzene ring substituents is 1. The highest BCUT2D eigenvalue weighted by Gasteiger charge is 2.11. The molecule has 1 amide bonds. The lowest BCUT2D eigenvalue weighted by atomic mass is 10.2. The van der Waals surface area contributed by atoms with Crippen molar-refractivity contribution in [2.45, 2.75) is 6.54 Å². The van der Waals surface area contributed by atoms with E-state index >= 15 is 0 Å². The maximum atomic E-state index is 12.1. The number of nitrogens with one attached hydrogen (secondary N) is 1. The van der Waals surface area contributed by atoms with Crippen LogP contribution in [0.1, 0.15) is 10.4 Å². The molecule has 8 heteroatoms. The SMILES string of the molecule is O=C(NCCn1ccc(-c2ccncc2)n1)c1cccc([N+](=O)[O-])c1. The van der Waals surface area contributed by atoms with Crippen molar-refractivity contribution in [1.29, 1.82) is 0 Å². The van der Waals surface area contributed by atoms with Gasteiger partial charge in [0.05, 0.1) is 17.2 Å². The maximum Gasteiger partial charge on any atom is 0.270 e. The Labute approximate surface area is 143 Å². The minimum atomic E-state index is -0.527. The molecule has 126 valence electrons. The molecule has 3 aromatic rings. The number of aromatic nitrogens is 3. The summed E-state index contributed by atoms with van der Waals surface area (Å²) in [6.45, 7) is 0.852. The van der Waals surface area contributed by atoms with E-state index in [0.717, 1.165) is 11.3 Å². The van der Waals surface area contributed by atoms with Crippen molar-refractivity contribution >= 4 is 11.6 Å². The van der Waals surface area contributed by atoms with Crippen LogP contribution in [0.25, 0.3) is 11.3 Å². The molecule has 0 saturated carbocycles. The van der Waals surface area contributed by atoms with Gasteiger partial charge in [-0.15, -0.1) is 0 Å². The molecule has 0 aliphatic carbocycles. The number of benzene rings is 1. The molecule has 0 atom stereocenters. The monoisotopic (exact) mass is 337 g/mol. The van der Waals surface area contributed by atoms with E-state index in [9.17, 15) is 14.9 Å². The van der Waals surface area contributed by atoms with Gasteiger partial charge in [-0.25, -0.2) is 0 Å². The van der Waals surface area contributed by atoms with Gasteiger partial charge in [0.15, 0.2) is 0 Å². The van der Waals surface area contributed by atoms with Gasteiger partial charge < -0.3 is 5.32 Å². The maximum absolute atomic E-state index is 12.1. The summed E-state index contributed by atoms with van der Waals surface area (Å²) in [5.74, 6) is -0.356. The van der Waals surface area contributed by atoms with Crippen molar-refractivity contribution < 1.29 is 9.72 Å². The molecule has 0 unspecified atom stereocenters. The molecule has 8 nitrogen and oxygen atoms in total. The Hall–Kier alpha value is -3.55. The lowest BCUT2D eigenvalue weighted by molar-refractivity contribution is -0.384. The average molecular weight is 337 g/mol. The van der Waals surface area contributed by atoms with E-state index < -0.39 is 4.92 Å². The topological polar surface area (TPSA) is 103 Å². The van der Waals surface area contributed by atoms with Crippen molar-refractivity contribution in [3.05, 3.63) is 76.7 Å². The highest BCUT2D eigenvalue weighted by molar-refractivity contribution is 5.94. The molecule has 0 fully saturated rings. The van der Waals surface area contributed by atoms with Crippen LogP contribution in [0.4, 0.5) is 5.69 Å². The van der Waals surface area contributed by atoms with E-state index in [2.05, 4.69) is 15.4 Å². The molecule has 0 aliphatic rings. The molecule has 25 heavy (non-hydrogen) atoms. The lowest BCUT2D eigenvalue weighted by Gasteiger charge is -2.05. The van der Waals surface area contributed by atoms with Crippen LogP contribution in [0.2, 0.25) is 0 Å². The van der Waals surface area contributed by atoms with Crippen LogP contribution in [-0.2, 0) is 6.54 Å². The Kier molecular flexibility index (Phi) is 4.79. The molecule has 1 N–H and O–H groups in total. The van der Waals surface area contributed by atoms with Crippen LogP contribution in [-0.4, -0.2) is 32.1 Å². The first kappa shape index (κ1) is 16.3. The molecule has 2 heterocycles. The third kappa shape index (κ3) is 4.05. The summed E-state index contributed by atoms with van der Waals surface area (Å²) in [5, 5.41) is 17.9. The zero-order valence-electron chi connectivity index (χ0n) is 13.2. The fourth-order valence-corrected chi connectivity index (χ4v) is 2.31. The zero-order valence-corrected chi connectivity index (χ0v) is 13.2. The van der Waals surface area contributed by atoms with Crippen LogP contribution in [0, 0.1) is 10.1 Å². The van der Waals surface area contributed by atoms with Gasteiger partial charge in [0.1, 0.15) is 0 Å². The van der Waals surface area contributed by atoms with Gasteiger partial charge >= 0.3 is 0 Å². The van der Waals surface area contributed by atoms with E-state index in [1.54, 1.807) is 17.1 Å². The summed E-state index contributed by atoms with van der Waals surface area (Å²) in [7, 11) is 0. The second-order valence-electron chi connectivity index (χ2n) is 5.26. The van der Waals surface area contributed by atoms with Gasteiger partial charge in [0.2, 0.25) is 0 Å². The number of amides is 1. The number of hydrogen-bond acceptors (Lipinski definition) is 5. The minimum absolute atomic E-state index is 0.110. The van der Waals surface area contributed by atoms with Crippen LogP contribution in [0.15, 0.2) is 61.1 Å². The van der Waals surface area contributed by atoms with Gasteiger partial charge in [0.25, 0.3) is 11.6 Å². The van der Waals surface area contributed by atoms with E-state index in [1.807, 2.05) is 24.4 Å². The summed E-state index contributed by atoms with van der Waals surface area (Å²) < 4.78 is 1.73. The predicted octanol–water partition coefficient (Wildman–Crippen LogP) is 2.28. The van der Waals surface area contributed by atoms with E-state index in [4.69, 9.17) is 0 Å². The Balaban J connectivity index is 1.56. The number of carbonyl (C=O) groups excluding carboxylic acids is 1. The Morgan fingerprint density at radius 1 is 1.20 bits per heavy atom. The first-order valence-corrected chi connectivity index (χ1v) is 7.60. The minimum Gasteiger partial charge on any atom is -0.350 e. The van der Waals surface area contributed by atoms with E-state index in [1.165, 1.54) is 24.3 Å². The van der Waals surface area contributed by atoms with Crippen LogP contribution in [0.5, 0.6) is 0 Å². The average Bonchev–Trinajstić information content (AvgIpc) is 3.11. The lowest BCUT2D eigenvalue weighted by Crippen LogP contribution is -2.27. The first-order valence-electron chi connectivity index (χ1n) is 7.60. The second-order valence-corrected chi connectivity index (χ2v) is 5.26. The van der Waals surface area contributed by atoms with E-state index in [-0.39, 0.29) is 17.2 Å². The van der Waals surface area contributed by atoms with Gasteiger partial charge in [-0.2, -0.15) is 5.10 Å². The molecule has 3 rings (SSSR count). The third-order valence-corrected chi connectivity index (χ3v) is 3.56. The second kappa shape index (κ2) is 7.35. The molecule has 2 aromatic heterocycles. The number of carbonyl (C=O) groups is 1. The van der Waals surface area contributed by atoms with Crippen LogP contribution < -0.4 is 5.32 Å². The van der Waals surface area contributed by atoms with Crippen LogP contribution in [0.3, 0.4) is 0 Å². The van der Waals surface area contributed by atoms with Gasteiger partial charge in [-0.3, -0.25) is 24.6 Å². The van der Waals surface area contributed by atoms with E-state index in [0.29, 0.717) is 13.1 Å². The number of nitro benzene ring substituents is 1. The highest BCUT2D eigenvalue weighted by Crippen LogP contribution is 2.15. The summed E-state index contributed by atoms with van der Waals surface area (Å²) in [5.41, 5.74) is 1.94. The molecular formula is C17H15N5O3. The van der Waals surface area contributed by atoms with Crippen molar-refractivity contribution in [3.8, 4) is 11.3 Å². The normalized spacial score (nSPS) is 10.4. The largest absolute Gasteiger partial charge is 0.350 e. The summed E-state index contributed by atoms with van der Waals surface area (Å²) in [6.07, 6.45) is 5.23. The van der Waals surface area contributed by atoms with Gasteiger partial charge in [-0.05, 0) is 24.3 Å². The zero-order chi connectivity index (χ0) is 17.6. The Morgan fingerprint density at radius 2 is 2.00 bits per heavy atom. The number of pyridine rings is 1. The molecule has 0 aliphatic heterocycles. The summed E-state index contributed by atoms with van der Waals surface area (Å²) >= 11 is 0. The van der Waals surface area contributed by atoms with Crippen LogP contribution >= 0.6 is 0 Å². The van der Waals surface area contributed by atoms with Crippen molar-refractivity contribution in [2.75, 3.05) is 6.54 Å². The molecule has 0 spiro atoms. The van der Waals surface area contributed by atoms with Crippen molar-refractivity contribution in [2.24, 2.45) is 0 Å². The summed E-state index contributed by atoms with van der Waals surface area (Å²) in [4.78, 5) is 26.3. The fraction of sp³-hybridized carbons (Fsp3) is 0.118. The molecular weight excluding hydrogens is 322 g/mol. The number of nitro groups is 1. The van der Waals surface area contributed by atoms with Gasteiger partial charge in [-0.1, -0.05) is 6.07 Å². The molecule has 0 saturated heterocycles. The number of rotatable bonds is 6. The van der Waals surface area contributed by atoms with Gasteiger partial charge in [0, 0.05) is 48.4 Å². The quantitative estimate of drug-likeness (QED) is 0.549. The summed E-state index contributed by atoms with van der Waals surface area (Å²) in [6, 6.07) is 11.3. The number of hydrogen-bond donors (Lipinski definition) is 1. The molecule has 0 bridgehead atoms.